The quantitative estimate of drug-likeness (QED) is 0.723. The first-order chi connectivity index (χ1) is 12.5. The highest BCUT2D eigenvalue weighted by Crippen LogP contribution is 2.29. The zero-order chi connectivity index (χ0) is 20.3. The van der Waals surface area contributed by atoms with Gasteiger partial charge in [0.1, 0.15) is 5.60 Å². The molecule has 0 bridgehead atoms. The number of halogens is 4. The largest absolute Gasteiger partial charge is 0.416 e. The van der Waals surface area contributed by atoms with Crippen LogP contribution in [0.4, 0.5) is 13.2 Å². The fourth-order valence-electron chi connectivity index (χ4n) is 2.42. The predicted molar refractivity (Wildman–Crippen MR) is 97.9 cm³/mol. The van der Waals surface area contributed by atoms with Crippen LogP contribution in [0.2, 0.25) is 5.02 Å². The van der Waals surface area contributed by atoms with E-state index in [9.17, 15) is 21.6 Å². The number of nitrogens with one attached hydrogen (secondary N) is 1. The molecule has 2 aromatic carbocycles. The van der Waals surface area contributed by atoms with Crippen LogP contribution in [-0.2, 0) is 32.3 Å². The molecule has 0 spiro atoms. The van der Waals surface area contributed by atoms with Crippen LogP contribution < -0.4 is 4.72 Å². The van der Waals surface area contributed by atoms with E-state index in [1.807, 2.05) is 0 Å². The highest BCUT2D eigenvalue weighted by molar-refractivity contribution is 7.88. The van der Waals surface area contributed by atoms with Crippen molar-refractivity contribution in [2.45, 2.75) is 24.5 Å². The van der Waals surface area contributed by atoms with Gasteiger partial charge in [0.25, 0.3) is 0 Å². The summed E-state index contributed by atoms with van der Waals surface area (Å²) in [4.78, 5) is 0. The topological polar surface area (TPSA) is 55.4 Å². The Balaban J connectivity index is 2.09. The maximum Gasteiger partial charge on any atom is 0.416 e. The van der Waals surface area contributed by atoms with Gasteiger partial charge < -0.3 is 4.74 Å². The summed E-state index contributed by atoms with van der Waals surface area (Å²) in [6, 6.07) is 10.9. The van der Waals surface area contributed by atoms with Crippen LogP contribution in [0.15, 0.2) is 48.5 Å². The maximum absolute atomic E-state index is 12.6. The Morgan fingerprint density at radius 1 is 1.07 bits per heavy atom. The summed E-state index contributed by atoms with van der Waals surface area (Å²) < 4.78 is 70.3. The molecule has 0 amide bonds. The first-order valence-electron chi connectivity index (χ1n) is 7.90. The van der Waals surface area contributed by atoms with Gasteiger partial charge >= 0.3 is 6.18 Å². The third kappa shape index (κ3) is 5.93. The van der Waals surface area contributed by atoms with Crippen LogP contribution in [0.5, 0.6) is 0 Å². The van der Waals surface area contributed by atoms with Crippen molar-refractivity contribution in [2.24, 2.45) is 0 Å². The molecule has 2 rings (SSSR count). The Kier molecular flexibility index (Phi) is 6.57. The minimum absolute atomic E-state index is 0.0627. The molecule has 0 saturated carbocycles. The van der Waals surface area contributed by atoms with Crippen molar-refractivity contribution in [1.29, 1.82) is 0 Å². The second-order valence-electron chi connectivity index (χ2n) is 6.22. The zero-order valence-electron chi connectivity index (χ0n) is 14.7. The van der Waals surface area contributed by atoms with E-state index in [2.05, 4.69) is 4.72 Å². The number of ether oxygens (including phenoxy) is 1. The zero-order valence-corrected chi connectivity index (χ0v) is 16.3. The molecule has 0 aliphatic carbocycles. The minimum atomic E-state index is -4.47. The van der Waals surface area contributed by atoms with Crippen LogP contribution >= 0.6 is 11.6 Å². The lowest BCUT2D eigenvalue weighted by Gasteiger charge is -2.29. The third-order valence-corrected chi connectivity index (χ3v) is 5.69. The monoisotopic (exact) mass is 421 g/mol. The third-order valence-electron chi connectivity index (χ3n) is 4.15. The number of alkyl halides is 3. The molecule has 27 heavy (non-hydrogen) atoms. The van der Waals surface area contributed by atoms with Crippen LogP contribution in [0.3, 0.4) is 0 Å². The number of hydrogen-bond acceptors (Lipinski definition) is 3. The van der Waals surface area contributed by atoms with Gasteiger partial charge in [-0.25, -0.2) is 13.1 Å². The smallest absolute Gasteiger partial charge is 0.372 e. The molecule has 0 radical (unpaired) electrons. The summed E-state index contributed by atoms with van der Waals surface area (Å²) in [5, 5.41) is 0.489. The molecule has 0 aromatic heterocycles. The predicted octanol–water partition coefficient (Wildman–Crippen LogP) is 4.34. The van der Waals surface area contributed by atoms with E-state index in [1.165, 1.54) is 7.11 Å². The standard InChI is InChI=1S/C18H19ClF3NO3S/c1-17(26-2,15-4-3-5-16(19)10-15)12-23-27(24,25)11-13-6-8-14(9-7-13)18(20,21)22/h3-10,23H,11-12H2,1-2H3/t17-/m0/s1. The van der Waals surface area contributed by atoms with Crippen LogP contribution in [0, 0.1) is 0 Å². The molecule has 0 aliphatic rings. The second kappa shape index (κ2) is 8.18. The fourth-order valence-corrected chi connectivity index (χ4v) is 3.84. The van der Waals surface area contributed by atoms with E-state index in [1.54, 1.807) is 31.2 Å². The van der Waals surface area contributed by atoms with E-state index < -0.39 is 33.1 Å². The summed E-state index contributed by atoms with van der Waals surface area (Å²) in [5.41, 5.74) is -0.852. The SMILES string of the molecule is CO[C@@](C)(CNS(=O)(=O)Cc1ccc(C(F)(F)F)cc1)c1cccc(Cl)c1. The van der Waals surface area contributed by atoms with E-state index in [0.29, 0.717) is 10.6 Å². The normalized spacial score (nSPS) is 14.7. The highest BCUT2D eigenvalue weighted by Gasteiger charge is 2.31. The number of hydrogen-bond donors (Lipinski definition) is 1. The Bertz CT molecular complexity index is 885. The summed E-state index contributed by atoms with van der Waals surface area (Å²) in [5.74, 6) is -0.444. The van der Waals surface area contributed by atoms with Crippen LogP contribution in [-0.4, -0.2) is 22.1 Å². The molecule has 0 fully saturated rings. The van der Waals surface area contributed by atoms with Gasteiger partial charge in [0, 0.05) is 18.7 Å². The first kappa shape index (κ1) is 21.7. The molecule has 1 N–H and O–H groups in total. The summed E-state index contributed by atoms with van der Waals surface area (Å²) in [6.45, 7) is 1.64. The summed E-state index contributed by atoms with van der Waals surface area (Å²) >= 11 is 5.98. The lowest BCUT2D eigenvalue weighted by atomic mass is 9.96. The second-order valence-corrected chi connectivity index (χ2v) is 8.46. The minimum Gasteiger partial charge on any atom is -0.372 e. The van der Waals surface area contributed by atoms with Gasteiger partial charge in [0.2, 0.25) is 10.0 Å². The molecule has 2 aromatic rings. The lowest BCUT2D eigenvalue weighted by Crippen LogP contribution is -2.40. The molecular weight excluding hydrogens is 403 g/mol. The van der Waals surface area contributed by atoms with Gasteiger partial charge in [0.05, 0.1) is 11.3 Å². The Hall–Kier alpha value is -1.61. The molecule has 1 atom stereocenters. The number of sulfonamides is 1. The molecule has 9 heteroatoms. The van der Waals surface area contributed by atoms with Gasteiger partial charge in [-0.15, -0.1) is 0 Å². The van der Waals surface area contributed by atoms with Crippen molar-refractivity contribution < 1.29 is 26.3 Å². The lowest BCUT2D eigenvalue weighted by molar-refractivity contribution is -0.137. The van der Waals surface area contributed by atoms with Crippen molar-refractivity contribution in [2.75, 3.05) is 13.7 Å². The van der Waals surface area contributed by atoms with Crippen molar-refractivity contribution in [1.82, 2.24) is 4.72 Å². The van der Waals surface area contributed by atoms with Crippen molar-refractivity contribution in [3.05, 3.63) is 70.2 Å². The van der Waals surface area contributed by atoms with Crippen molar-refractivity contribution in [3.63, 3.8) is 0 Å². The Morgan fingerprint density at radius 2 is 1.70 bits per heavy atom. The molecule has 0 aliphatic heterocycles. The first-order valence-corrected chi connectivity index (χ1v) is 9.93. The van der Waals surface area contributed by atoms with Crippen LogP contribution in [0.25, 0.3) is 0 Å². The number of rotatable bonds is 7. The Labute approximate surface area is 161 Å². The summed E-state index contributed by atoms with van der Waals surface area (Å²) in [6.07, 6.45) is -4.47. The van der Waals surface area contributed by atoms with Gasteiger partial charge in [-0.1, -0.05) is 35.9 Å². The number of methoxy groups -OCH3 is 1. The molecular formula is C18H19ClF3NO3S. The van der Waals surface area contributed by atoms with Gasteiger partial charge in [-0.2, -0.15) is 13.2 Å². The van der Waals surface area contributed by atoms with Crippen molar-refractivity contribution >= 4 is 21.6 Å². The fraction of sp³-hybridized carbons (Fsp3) is 0.333. The van der Waals surface area contributed by atoms with Crippen LogP contribution in [0.1, 0.15) is 23.6 Å². The molecule has 0 unspecified atom stereocenters. The molecule has 148 valence electrons. The van der Waals surface area contributed by atoms with Gasteiger partial charge in [-0.3, -0.25) is 0 Å². The average molecular weight is 422 g/mol. The molecule has 0 saturated heterocycles. The van der Waals surface area contributed by atoms with E-state index >= 15 is 0 Å². The maximum atomic E-state index is 12.6. The molecule has 4 nitrogen and oxygen atoms in total. The highest BCUT2D eigenvalue weighted by atomic mass is 35.5. The summed E-state index contributed by atoms with van der Waals surface area (Å²) in [7, 11) is -2.34. The van der Waals surface area contributed by atoms with E-state index in [4.69, 9.17) is 16.3 Å². The van der Waals surface area contributed by atoms with Crippen molar-refractivity contribution in [3.8, 4) is 0 Å². The van der Waals surface area contributed by atoms with Gasteiger partial charge in [0.15, 0.2) is 0 Å². The Morgan fingerprint density at radius 3 is 2.22 bits per heavy atom. The van der Waals surface area contributed by atoms with E-state index in [0.717, 1.165) is 24.3 Å². The number of benzene rings is 2. The van der Waals surface area contributed by atoms with E-state index in [-0.39, 0.29) is 12.1 Å². The average Bonchev–Trinajstić information content (AvgIpc) is 2.59. The molecule has 0 heterocycles. The van der Waals surface area contributed by atoms with Gasteiger partial charge in [-0.05, 0) is 42.3 Å².